The Hall–Kier alpha value is -2.24. The van der Waals surface area contributed by atoms with Gasteiger partial charge in [-0.3, -0.25) is 9.59 Å². The number of rotatable bonds is 3. The molecular weight excluding hydrogens is 383 g/mol. The lowest BCUT2D eigenvalue weighted by atomic mass is 9.74. The normalized spacial score (nSPS) is 19.0. The summed E-state index contributed by atoms with van der Waals surface area (Å²) in [5, 5.41) is 0.0239. The van der Waals surface area contributed by atoms with Gasteiger partial charge in [-0.1, -0.05) is 23.7 Å². The van der Waals surface area contributed by atoms with E-state index in [-0.39, 0.29) is 16.6 Å². The van der Waals surface area contributed by atoms with Crippen LogP contribution in [0.4, 0.5) is 4.39 Å². The number of benzene rings is 2. The van der Waals surface area contributed by atoms with Crippen LogP contribution in [0.15, 0.2) is 36.4 Å². The molecule has 0 bridgehead atoms. The van der Waals surface area contributed by atoms with E-state index in [4.69, 9.17) is 21.1 Å². The van der Waals surface area contributed by atoms with Crippen molar-refractivity contribution in [1.29, 1.82) is 0 Å². The molecule has 28 heavy (non-hydrogen) atoms. The number of carbonyl (C=O) groups is 2. The van der Waals surface area contributed by atoms with Crippen molar-refractivity contribution in [3.05, 3.63) is 52.8 Å². The topological polar surface area (TPSA) is 52.6 Å². The van der Waals surface area contributed by atoms with E-state index in [9.17, 15) is 14.0 Å². The summed E-state index contributed by atoms with van der Waals surface area (Å²) in [7, 11) is 1.48. The van der Waals surface area contributed by atoms with Gasteiger partial charge in [-0.05, 0) is 63.1 Å². The highest BCUT2D eigenvalue weighted by Crippen LogP contribution is 2.42. The van der Waals surface area contributed by atoms with E-state index < -0.39 is 22.9 Å². The quantitative estimate of drug-likeness (QED) is 0.678. The van der Waals surface area contributed by atoms with E-state index in [1.54, 1.807) is 52.0 Å². The summed E-state index contributed by atoms with van der Waals surface area (Å²) in [4.78, 5) is 26.2. The third-order valence-electron chi connectivity index (χ3n) is 5.02. The molecule has 0 aliphatic carbocycles. The van der Waals surface area contributed by atoms with Crippen molar-refractivity contribution in [2.75, 3.05) is 7.11 Å². The zero-order chi connectivity index (χ0) is 20.9. The van der Waals surface area contributed by atoms with E-state index in [1.807, 2.05) is 0 Å². The molecular formula is C22H22ClFO4. The van der Waals surface area contributed by atoms with Crippen LogP contribution in [0.5, 0.6) is 5.75 Å². The molecule has 2 aromatic rings. The highest BCUT2D eigenvalue weighted by atomic mass is 35.5. The summed E-state index contributed by atoms with van der Waals surface area (Å²) in [6.45, 7) is 6.62. The lowest BCUT2D eigenvalue weighted by molar-refractivity contribution is -0.184. The number of hydrogen-bond donors (Lipinski definition) is 0. The smallest absolute Gasteiger partial charge is 0.179 e. The lowest BCUT2D eigenvalue weighted by Crippen LogP contribution is -2.57. The van der Waals surface area contributed by atoms with Crippen molar-refractivity contribution >= 4 is 23.2 Å². The molecule has 0 aromatic heterocycles. The molecule has 1 heterocycles. The lowest BCUT2D eigenvalue weighted by Gasteiger charge is -2.42. The molecule has 0 spiro atoms. The first kappa shape index (κ1) is 20.5. The molecule has 0 amide bonds. The first-order valence-electron chi connectivity index (χ1n) is 8.90. The van der Waals surface area contributed by atoms with Crippen LogP contribution in [-0.2, 0) is 14.3 Å². The number of carbonyl (C=O) groups excluding carboxylic acids is 2. The van der Waals surface area contributed by atoms with Gasteiger partial charge in [-0.2, -0.15) is 0 Å². The second kappa shape index (κ2) is 6.98. The van der Waals surface area contributed by atoms with E-state index in [2.05, 4.69) is 0 Å². The Kier molecular flexibility index (Phi) is 5.11. The molecule has 0 radical (unpaired) electrons. The van der Waals surface area contributed by atoms with Crippen molar-refractivity contribution < 1.29 is 23.5 Å². The average Bonchev–Trinajstić information content (AvgIpc) is 2.62. The van der Waals surface area contributed by atoms with Gasteiger partial charge in [0.05, 0.1) is 12.1 Å². The van der Waals surface area contributed by atoms with E-state index >= 15 is 0 Å². The van der Waals surface area contributed by atoms with Crippen molar-refractivity contribution in [3.63, 3.8) is 0 Å². The molecule has 148 valence electrons. The number of ether oxygens (including phenoxy) is 2. The van der Waals surface area contributed by atoms with Gasteiger partial charge in [0.2, 0.25) is 0 Å². The summed E-state index contributed by atoms with van der Waals surface area (Å²) in [6.07, 6.45) is 0. The number of halogens is 2. The molecule has 1 aliphatic heterocycles. The van der Waals surface area contributed by atoms with Gasteiger partial charge in [-0.25, -0.2) is 4.39 Å². The first-order chi connectivity index (χ1) is 13.0. The predicted molar refractivity (Wildman–Crippen MR) is 105 cm³/mol. The third-order valence-corrected chi connectivity index (χ3v) is 5.32. The van der Waals surface area contributed by atoms with Crippen LogP contribution in [-0.4, -0.2) is 29.9 Å². The number of Topliss-reactive ketones (excluding diaryl/α,β-unsaturated/α-hetero) is 2. The molecule has 1 saturated heterocycles. The van der Waals surface area contributed by atoms with Crippen LogP contribution in [0.2, 0.25) is 5.02 Å². The van der Waals surface area contributed by atoms with Gasteiger partial charge in [0, 0.05) is 5.56 Å². The average molecular weight is 405 g/mol. The van der Waals surface area contributed by atoms with Crippen molar-refractivity contribution in [2.24, 2.45) is 0 Å². The third kappa shape index (κ3) is 3.45. The zero-order valence-electron chi connectivity index (χ0n) is 16.4. The van der Waals surface area contributed by atoms with E-state index in [1.165, 1.54) is 19.2 Å². The van der Waals surface area contributed by atoms with Crippen molar-refractivity contribution in [1.82, 2.24) is 0 Å². The van der Waals surface area contributed by atoms with Crippen LogP contribution in [0.25, 0.3) is 11.1 Å². The molecule has 0 atom stereocenters. The molecule has 3 rings (SSSR count). The molecule has 0 N–H and O–H groups in total. The minimum absolute atomic E-state index is 0.0239. The second-order valence-electron chi connectivity index (χ2n) is 7.87. The number of hydrogen-bond acceptors (Lipinski definition) is 4. The Labute approximate surface area is 168 Å². The van der Waals surface area contributed by atoms with Crippen LogP contribution >= 0.6 is 11.6 Å². The highest BCUT2D eigenvalue weighted by molar-refractivity contribution is 6.30. The minimum atomic E-state index is -1.13. The fourth-order valence-corrected chi connectivity index (χ4v) is 3.77. The van der Waals surface area contributed by atoms with Crippen molar-refractivity contribution in [2.45, 2.75) is 44.8 Å². The van der Waals surface area contributed by atoms with Gasteiger partial charge < -0.3 is 9.47 Å². The summed E-state index contributed by atoms with van der Waals surface area (Å²) in [5.74, 6) is -1.84. The Morgan fingerprint density at radius 2 is 1.50 bits per heavy atom. The van der Waals surface area contributed by atoms with Crippen LogP contribution < -0.4 is 4.74 Å². The number of methoxy groups -OCH3 is 1. The number of ketones is 2. The molecule has 1 fully saturated rings. The summed E-state index contributed by atoms with van der Waals surface area (Å²) >= 11 is 5.77. The zero-order valence-corrected chi connectivity index (χ0v) is 17.2. The largest absolute Gasteiger partial charge is 0.496 e. The molecule has 2 aromatic carbocycles. The molecule has 6 heteroatoms. The summed E-state index contributed by atoms with van der Waals surface area (Å²) in [6, 6.07) is 9.57. The Morgan fingerprint density at radius 3 is 2.04 bits per heavy atom. The van der Waals surface area contributed by atoms with E-state index in [0.717, 1.165) is 0 Å². The Bertz CT molecular complexity index is 939. The highest BCUT2D eigenvalue weighted by Gasteiger charge is 2.53. The molecule has 4 nitrogen and oxygen atoms in total. The maximum Gasteiger partial charge on any atom is 0.179 e. The SMILES string of the molecule is COc1ccc(-c2ccc(Cl)c(F)c2)cc1C1C(=O)C(C)(C)OC(C)(C)C1=O. The summed E-state index contributed by atoms with van der Waals surface area (Å²) in [5.41, 5.74) is -0.592. The van der Waals surface area contributed by atoms with Gasteiger partial charge >= 0.3 is 0 Å². The van der Waals surface area contributed by atoms with Gasteiger partial charge in [0.1, 0.15) is 28.7 Å². The van der Waals surface area contributed by atoms with Gasteiger partial charge in [0.15, 0.2) is 11.6 Å². The van der Waals surface area contributed by atoms with Crippen LogP contribution in [0.3, 0.4) is 0 Å². The maximum atomic E-state index is 13.9. The van der Waals surface area contributed by atoms with Gasteiger partial charge in [0.25, 0.3) is 0 Å². The molecule has 0 unspecified atom stereocenters. The molecule has 0 saturated carbocycles. The van der Waals surface area contributed by atoms with Crippen LogP contribution in [0.1, 0.15) is 39.2 Å². The summed E-state index contributed by atoms with van der Waals surface area (Å²) < 4.78 is 25.1. The monoisotopic (exact) mass is 404 g/mol. The Morgan fingerprint density at radius 1 is 0.964 bits per heavy atom. The van der Waals surface area contributed by atoms with Crippen LogP contribution in [0, 0.1) is 5.82 Å². The first-order valence-corrected chi connectivity index (χ1v) is 9.28. The van der Waals surface area contributed by atoms with Crippen molar-refractivity contribution in [3.8, 4) is 16.9 Å². The Balaban J connectivity index is 2.18. The standard InChI is InChI=1S/C22H22ClFO4/c1-21(2)19(25)18(20(26)22(3,4)28-21)14-10-12(7-9-17(14)27-5)13-6-8-15(23)16(24)11-13/h6-11,18H,1-5H3. The minimum Gasteiger partial charge on any atom is -0.496 e. The fraction of sp³-hybridized carbons (Fsp3) is 0.364. The van der Waals surface area contributed by atoms with E-state index in [0.29, 0.717) is 22.4 Å². The second-order valence-corrected chi connectivity index (χ2v) is 8.28. The maximum absolute atomic E-state index is 13.9. The van der Waals surface area contributed by atoms with Gasteiger partial charge in [-0.15, -0.1) is 0 Å². The fourth-order valence-electron chi connectivity index (χ4n) is 3.65. The predicted octanol–water partition coefficient (Wildman–Crippen LogP) is 4.96. The molecule has 1 aliphatic rings.